The number of aliphatic hydroxyl groups excluding tert-OH is 1. The van der Waals surface area contributed by atoms with Gasteiger partial charge in [-0.25, -0.2) is 13.6 Å². The van der Waals surface area contributed by atoms with E-state index < -0.39 is 43.2 Å². The molecule has 0 spiro atoms. The van der Waals surface area contributed by atoms with Crippen LogP contribution in [0.15, 0.2) is 36.4 Å². The summed E-state index contributed by atoms with van der Waals surface area (Å²) in [6.07, 6.45) is -0.835. The molecular weight excluding hydrogens is 548 g/mol. The van der Waals surface area contributed by atoms with Crippen LogP contribution in [0.2, 0.25) is 0 Å². The highest BCUT2D eigenvalue weighted by atomic mass is 19.1. The molecule has 2 aliphatic heterocycles. The number of benzene rings is 2. The molecule has 12 heteroatoms. The predicted molar refractivity (Wildman–Crippen MR) is 159 cm³/mol. The van der Waals surface area contributed by atoms with E-state index in [1.54, 1.807) is 65.0 Å². The van der Waals surface area contributed by atoms with Gasteiger partial charge in [0, 0.05) is 35.8 Å². The van der Waals surface area contributed by atoms with Crippen molar-refractivity contribution in [2.24, 2.45) is 0 Å². The van der Waals surface area contributed by atoms with E-state index >= 15 is 0 Å². The highest BCUT2D eigenvalue weighted by molar-refractivity contribution is 6.03. The molecule has 3 atom stereocenters. The Hall–Kier alpha value is -3.93. The number of rotatable bonds is 9. The summed E-state index contributed by atoms with van der Waals surface area (Å²) in [5.41, 5.74) is 9.64. The van der Waals surface area contributed by atoms with Gasteiger partial charge in [-0.05, 0) is 82.1 Å². The molecule has 3 amide bonds. The first-order chi connectivity index (χ1) is 19.7. The molecule has 0 aliphatic carbocycles. The Bertz CT molecular complexity index is 1290. The molecule has 0 saturated heterocycles. The molecule has 0 radical (unpaired) electrons. The number of halogens is 2. The third kappa shape index (κ3) is 8.31. The van der Waals surface area contributed by atoms with E-state index in [2.05, 4.69) is 10.6 Å². The van der Waals surface area contributed by atoms with Crippen molar-refractivity contribution < 1.29 is 33.0 Å². The maximum Gasteiger partial charge on any atom is 0.407 e. The third-order valence-corrected chi connectivity index (χ3v) is 6.67. The van der Waals surface area contributed by atoms with E-state index in [1.807, 2.05) is 6.07 Å². The molecule has 0 bridgehead atoms. The molecule has 2 aromatic rings. The zero-order valence-corrected chi connectivity index (χ0v) is 24.7. The fourth-order valence-electron chi connectivity index (χ4n) is 4.75. The van der Waals surface area contributed by atoms with Gasteiger partial charge in [-0.3, -0.25) is 9.59 Å². The van der Waals surface area contributed by atoms with Crippen LogP contribution in [0.25, 0.3) is 0 Å². The zero-order valence-electron chi connectivity index (χ0n) is 24.7. The number of hydrogen-bond donors (Lipinski definition) is 4. The minimum absolute atomic E-state index is 0.0487. The average molecular weight is 590 g/mol. The van der Waals surface area contributed by atoms with Gasteiger partial charge in [0.15, 0.2) is 0 Å². The van der Waals surface area contributed by atoms with Gasteiger partial charge in [-0.15, -0.1) is 0 Å². The number of nitrogens with zero attached hydrogens (tertiary/aromatic N) is 2. The molecule has 42 heavy (non-hydrogen) atoms. The number of nitrogens with two attached hydrogens (primary N) is 1. The molecule has 10 nitrogen and oxygen atoms in total. The van der Waals surface area contributed by atoms with Crippen LogP contribution < -0.4 is 26.2 Å². The molecule has 0 aromatic heterocycles. The Morgan fingerprint density at radius 2 is 1.48 bits per heavy atom. The number of fused-ring (bicyclic) bond motifs is 2. The van der Waals surface area contributed by atoms with Gasteiger partial charge in [0.1, 0.15) is 19.0 Å². The SMILES string of the molecule is CC(CF)N1C(=O)Cc2cc(N)ccc21.CC(CF)N1C(=O)Cc2cc(NC[C@@H](O)CNC(=O)OC(C)(C)C)ccc21. The van der Waals surface area contributed by atoms with Crippen LogP contribution in [0, 0.1) is 0 Å². The standard InChI is InChI=1S/C19H28FN3O4.C11H13FN2O/c1-12(9-20)23-16-6-5-14(7-13(16)8-17(23)25)21-10-15(24)11-22-18(26)27-19(2,3)4;1-7(6-12)14-10-3-2-9(13)4-8(10)5-11(14)15/h5-7,12,15,21,24H,8-11H2,1-4H3,(H,22,26);2-4,7H,5-6,13H2,1H3/t12?,15-;/m1./s1. The van der Waals surface area contributed by atoms with Gasteiger partial charge in [-0.1, -0.05) is 0 Å². The van der Waals surface area contributed by atoms with E-state index in [4.69, 9.17) is 10.5 Å². The number of alkyl carbamates (subject to hydrolysis) is 1. The summed E-state index contributed by atoms with van der Waals surface area (Å²) in [5, 5.41) is 15.6. The molecule has 2 aromatic carbocycles. The first-order valence-corrected chi connectivity index (χ1v) is 13.9. The number of nitrogen functional groups attached to an aromatic ring is 1. The lowest BCUT2D eigenvalue weighted by Crippen LogP contribution is -2.39. The van der Waals surface area contributed by atoms with Crippen molar-refractivity contribution in [1.29, 1.82) is 0 Å². The lowest BCUT2D eigenvalue weighted by Gasteiger charge is -2.23. The zero-order chi connectivity index (χ0) is 31.2. The lowest BCUT2D eigenvalue weighted by molar-refractivity contribution is -0.118. The van der Waals surface area contributed by atoms with Gasteiger partial charge < -0.3 is 36.0 Å². The summed E-state index contributed by atoms with van der Waals surface area (Å²) < 4.78 is 30.6. The van der Waals surface area contributed by atoms with E-state index in [0.29, 0.717) is 12.1 Å². The second kappa shape index (κ2) is 13.8. The van der Waals surface area contributed by atoms with Crippen LogP contribution in [0.5, 0.6) is 0 Å². The topological polar surface area (TPSA) is 137 Å². The largest absolute Gasteiger partial charge is 0.444 e. The van der Waals surface area contributed by atoms with Crippen LogP contribution in [0.4, 0.5) is 36.3 Å². The van der Waals surface area contributed by atoms with E-state index in [-0.39, 0.29) is 31.3 Å². The Kier molecular flexibility index (Phi) is 10.7. The highest BCUT2D eigenvalue weighted by Gasteiger charge is 2.32. The van der Waals surface area contributed by atoms with Crippen molar-refractivity contribution in [1.82, 2.24) is 5.32 Å². The highest BCUT2D eigenvalue weighted by Crippen LogP contribution is 2.33. The Morgan fingerprint density at radius 1 is 0.952 bits per heavy atom. The summed E-state index contributed by atoms with van der Waals surface area (Å²) >= 11 is 0. The second-order valence-electron chi connectivity index (χ2n) is 11.5. The first kappa shape index (κ1) is 32.6. The third-order valence-electron chi connectivity index (χ3n) is 6.67. The summed E-state index contributed by atoms with van der Waals surface area (Å²) in [6.45, 7) is 7.80. The fourth-order valence-corrected chi connectivity index (χ4v) is 4.75. The van der Waals surface area contributed by atoms with Gasteiger partial charge in [0.05, 0.1) is 31.0 Å². The number of ether oxygens (including phenoxy) is 1. The predicted octanol–water partition coefficient (Wildman–Crippen LogP) is 3.75. The number of carbonyl (C=O) groups excluding carboxylic acids is 3. The van der Waals surface area contributed by atoms with Crippen molar-refractivity contribution in [3.05, 3.63) is 47.5 Å². The van der Waals surface area contributed by atoms with Crippen molar-refractivity contribution >= 4 is 40.7 Å². The average Bonchev–Trinajstić information content (AvgIpc) is 3.43. The number of amides is 3. The fraction of sp³-hybridized carbons (Fsp3) is 0.500. The molecule has 0 saturated carbocycles. The van der Waals surface area contributed by atoms with Crippen molar-refractivity contribution in [2.75, 3.05) is 47.3 Å². The number of aliphatic hydroxyl groups is 1. The smallest absolute Gasteiger partial charge is 0.407 e. The van der Waals surface area contributed by atoms with Gasteiger partial charge in [-0.2, -0.15) is 0 Å². The Balaban J connectivity index is 0.000000271. The molecule has 0 fully saturated rings. The normalized spacial score (nSPS) is 16.2. The minimum Gasteiger partial charge on any atom is -0.444 e. The van der Waals surface area contributed by atoms with Crippen LogP contribution in [-0.4, -0.2) is 73.2 Å². The van der Waals surface area contributed by atoms with E-state index in [1.165, 1.54) is 9.80 Å². The lowest BCUT2D eigenvalue weighted by atomic mass is 10.1. The van der Waals surface area contributed by atoms with Crippen molar-refractivity contribution in [2.45, 2.75) is 71.2 Å². The summed E-state index contributed by atoms with van der Waals surface area (Å²) in [4.78, 5) is 38.3. The molecule has 2 heterocycles. The first-order valence-electron chi connectivity index (χ1n) is 13.9. The number of nitrogens with one attached hydrogen (secondary N) is 2. The molecule has 2 aliphatic rings. The number of carbonyl (C=O) groups is 3. The number of hydrogen-bond acceptors (Lipinski definition) is 7. The molecule has 4 rings (SSSR count). The quantitative estimate of drug-likeness (QED) is 0.327. The van der Waals surface area contributed by atoms with Crippen molar-refractivity contribution in [3.63, 3.8) is 0 Å². The summed E-state index contributed by atoms with van der Waals surface area (Å²) in [7, 11) is 0. The maximum atomic E-state index is 12.9. The van der Waals surface area contributed by atoms with Crippen LogP contribution >= 0.6 is 0 Å². The van der Waals surface area contributed by atoms with Crippen LogP contribution in [0.3, 0.4) is 0 Å². The molecular formula is C30H41F2N5O5. The molecule has 230 valence electrons. The maximum absolute atomic E-state index is 12.9. The Labute approximate surface area is 245 Å². The molecule has 2 unspecified atom stereocenters. The number of anilines is 4. The van der Waals surface area contributed by atoms with Crippen molar-refractivity contribution in [3.8, 4) is 0 Å². The number of alkyl halides is 2. The van der Waals surface area contributed by atoms with E-state index in [9.17, 15) is 28.3 Å². The van der Waals surface area contributed by atoms with E-state index in [0.717, 1.165) is 28.2 Å². The van der Waals surface area contributed by atoms with Crippen LogP contribution in [-0.2, 0) is 27.2 Å². The monoisotopic (exact) mass is 589 g/mol. The van der Waals surface area contributed by atoms with Gasteiger partial charge in [0.25, 0.3) is 0 Å². The van der Waals surface area contributed by atoms with Gasteiger partial charge >= 0.3 is 6.09 Å². The van der Waals surface area contributed by atoms with Crippen LogP contribution in [0.1, 0.15) is 45.7 Å². The second-order valence-corrected chi connectivity index (χ2v) is 11.5. The summed E-state index contributed by atoms with van der Waals surface area (Å²) in [5.74, 6) is -0.172. The van der Waals surface area contributed by atoms with Gasteiger partial charge in [0.2, 0.25) is 11.8 Å². The molecule has 5 N–H and O–H groups in total. The Morgan fingerprint density at radius 3 is 2.00 bits per heavy atom. The minimum atomic E-state index is -0.810. The summed E-state index contributed by atoms with van der Waals surface area (Å²) in [6, 6.07) is 9.78.